The number of halogens is 23. The summed E-state index contributed by atoms with van der Waals surface area (Å²) in [5.41, 5.74) is 0. The van der Waals surface area contributed by atoms with Gasteiger partial charge in [-0.1, -0.05) is 335 Å². The maximum absolute atomic E-state index is 11.1. The lowest BCUT2D eigenvalue weighted by Crippen LogP contribution is -2.71. The van der Waals surface area contributed by atoms with E-state index in [9.17, 15) is 4.79 Å². The van der Waals surface area contributed by atoms with E-state index in [1.807, 2.05) is 0 Å². The van der Waals surface area contributed by atoms with Gasteiger partial charge in [0.15, 0.2) is 5.38 Å². The first-order valence-corrected chi connectivity index (χ1v) is 25.7. The van der Waals surface area contributed by atoms with E-state index >= 15 is 0 Å². The van der Waals surface area contributed by atoms with Crippen LogP contribution in [0.5, 0.6) is 0 Å². The molecule has 0 aliphatic rings. The van der Waals surface area contributed by atoms with Crippen molar-refractivity contribution in [1.29, 1.82) is 0 Å². The van der Waals surface area contributed by atoms with Crippen LogP contribution in [0.15, 0.2) is 0 Å². The number of hydrogen-bond acceptors (Lipinski definition) is 2. The van der Waals surface area contributed by atoms with E-state index in [0.29, 0.717) is 0 Å². The predicted molar refractivity (Wildman–Crippen MR) is 242 cm³/mol. The lowest BCUT2D eigenvalue weighted by molar-refractivity contribution is 0.223. The molecule has 37 heavy (non-hydrogen) atoms. The van der Waals surface area contributed by atoms with Crippen LogP contribution in [0.4, 0.5) is 0 Å². The molecule has 0 aliphatic heterocycles. The zero-order valence-electron chi connectivity index (χ0n) is 15.5. The standard InChI is InChI=1S/C12Br23O2/c13-2(14,3(15,16)5(19,20)7(23,24)9(27,28)11(31,32)33)4(17,18)6(21,22)8(25,26)10(29,30)12(34,35)37-1-36. The van der Waals surface area contributed by atoms with Crippen LogP contribution in [0.25, 0.3) is 0 Å². The molecule has 0 atom stereocenters. The second-order valence-electron chi connectivity index (χ2n) is 6.37. The van der Waals surface area contributed by atoms with Crippen LogP contribution in [0.1, 0.15) is 0 Å². The smallest absolute Gasteiger partial charge is 0.419 e. The topological polar surface area (TPSA) is 26.3 Å². The second kappa shape index (κ2) is 15.6. The molecule has 0 saturated carbocycles. The van der Waals surface area contributed by atoms with Crippen molar-refractivity contribution in [3.63, 3.8) is 0 Å². The summed E-state index contributed by atoms with van der Waals surface area (Å²) in [5, 5.41) is 0. The monoisotopic (exact) mass is 1990 g/mol. The first-order valence-electron chi connectivity index (χ1n) is 7.46. The summed E-state index contributed by atoms with van der Waals surface area (Å²) >= 11 is 85.6. The number of ether oxygens (including phenoxy) is 1. The maximum atomic E-state index is 11.1. The fourth-order valence-corrected chi connectivity index (χ4v) is 23.2. The first kappa shape index (κ1) is 47.5. The van der Waals surface area contributed by atoms with Crippen LogP contribution in [-0.2, 0) is 9.53 Å². The molecule has 2 nitrogen and oxygen atoms in total. The van der Waals surface area contributed by atoms with E-state index in [2.05, 4.69) is 366 Å². The molecule has 0 N–H and O–H groups in total. The minimum absolute atomic E-state index is 0.872. The van der Waals surface area contributed by atoms with Crippen molar-refractivity contribution >= 4 is 373 Å². The molecular formula is C12Br23O2. The molecule has 0 amide bonds. The highest BCUT2D eigenvalue weighted by Crippen LogP contribution is 2.80. The van der Waals surface area contributed by atoms with Gasteiger partial charge in [-0.05, 0) is 31.9 Å². The largest absolute Gasteiger partial charge is 0.426 e. The van der Waals surface area contributed by atoms with Gasteiger partial charge in [0.05, 0.1) is 0 Å². The van der Waals surface area contributed by atoms with Crippen molar-refractivity contribution in [1.82, 2.24) is 0 Å². The lowest BCUT2D eigenvalue weighted by Gasteiger charge is -2.60. The average Bonchev–Trinajstić information content (AvgIpc) is 2.65. The molecule has 25 heteroatoms. The van der Waals surface area contributed by atoms with Gasteiger partial charge in [-0.15, -0.1) is 0 Å². The minimum atomic E-state index is -1.52. The van der Waals surface area contributed by atoms with Crippen molar-refractivity contribution in [2.24, 2.45) is 0 Å². The van der Waals surface area contributed by atoms with Crippen molar-refractivity contribution in [2.75, 3.05) is 0 Å². The van der Waals surface area contributed by atoms with Crippen LogP contribution < -0.4 is 0 Å². The lowest BCUT2D eigenvalue weighted by atomic mass is 10.0. The molecule has 0 aliphatic carbocycles. The molecule has 0 rings (SSSR count). The zero-order chi connectivity index (χ0) is 30.9. The SMILES string of the molecule is O=[C]OC(Br)(Br)C(Br)(Br)C(Br)(Br)C(Br)(Br)C(Br)(Br)C(Br)(Br)C(Br)(Br)C(Br)(Br)C(Br)(Br)C(Br)(Br)C(Br)(Br)Br. The summed E-state index contributed by atoms with van der Waals surface area (Å²) in [5.74, 6) is 0. The van der Waals surface area contributed by atoms with Crippen LogP contribution in [0.3, 0.4) is 0 Å². The number of hydrogen-bond donors (Lipinski definition) is 0. The van der Waals surface area contributed by atoms with E-state index in [4.69, 9.17) is 4.74 Å². The highest BCUT2D eigenvalue weighted by atomic mass is 80.0. The summed E-state index contributed by atoms with van der Waals surface area (Å²) in [6.45, 7) is 1.42. The summed E-state index contributed by atoms with van der Waals surface area (Å²) in [6, 6.07) is 0. The van der Waals surface area contributed by atoms with E-state index in [1.54, 1.807) is 0 Å². The van der Waals surface area contributed by atoms with E-state index in [0.717, 1.165) is 0 Å². The summed E-state index contributed by atoms with van der Waals surface area (Å²) < 4.78 is -8.09. The van der Waals surface area contributed by atoms with Gasteiger partial charge < -0.3 is 4.74 Å². The highest BCUT2D eigenvalue weighted by molar-refractivity contribution is 9.42. The summed E-state index contributed by atoms with van der Waals surface area (Å²) in [6.07, 6.45) is 0. The van der Waals surface area contributed by atoms with Crippen LogP contribution in [-0.4, -0.2) is 41.1 Å². The van der Waals surface area contributed by atoms with Crippen LogP contribution in [0.2, 0.25) is 0 Å². The van der Waals surface area contributed by atoms with Gasteiger partial charge in [0, 0.05) is 0 Å². The summed E-state index contributed by atoms with van der Waals surface area (Å²) in [7, 11) is 0. The molecule has 0 aromatic carbocycles. The van der Waals surface area contributed by atoms with E-state index < -0.39 is 34.7 Å². The fraction of sp³-hybridized carbons (Fsp3) is 0.917. The van der Waals surface area contributed by atoms with Gasteiger partial charge in [0.1, 0.15) is 25.9 Å². The predicted octanol–water partition coefficient (Wildman–Crippen LogP) is 16.7. The third-order valence-corrected chi connectivity index (χ3v) is 51.0. The molecule has 0 heterocycles. The van der Waals surface area contributed by atoms with Crippen LogP contribution in [0, 0.1) is 0 Å². The molecule has 0 spiro atoms. The van der Waals surface area contributed by atoms with Gasteiger partial charge in [-0.25, -0.2) is 4.79 Å². The van der Waals surface area contributed by atoms with E-state index in [-0.39, 0.29) is 0 Å². The molecule has 0 saturated heterocycles. The maximum Gasteiger partial charge on any atom is 0.419 e. The Hall–Kier alpha value is 10.5. The third kappa shape index (κ3) is 8.44. The molecule has 0 bridgehead atoms. The summed E-state index contributed by atoms with van der Waals surface area (Å²) in [4.78, 5) is 11.1. The Labute approximate surface area is 407 Å². The molecule has 1 radical (unpaired) electrons. The van der Waals surface area contributed by atoms with Crippen molar-refractivity contribution in [3.05, 3.63) is 0 Å². The minimum Gasteiger partial charge on any atom is -0.426 e. The van der Waals surface area contributed by atoms with Crippen molar-refractivity contribution in [2.45, 2.75) is 34.7 Å². The van der Waals surface area contributed by atoms with Gasteiger partial charge in [-0.3, -0.25) is 0 Å². The second-order valence-corrected chi connectivity index (χ2v) is 47.4. The van der Waals surface area contributed by atoms with Gasteiger partial charge in [0.2, 0.25) is 3.42 Å². The molecule has 0 aromatic heterocycles. The molecule has 221 valence electrons. The first-order chi connectivity index (χ1) is 15.6. The van der Waals surface area contributed by atoms with Crippen LogP contribution >= 0.6 is 366 Å². The Kier molecular flexibility index (Phi) is 20.1. The average molecular weight is 2010 g/mol. The Morgan fingerprint density at radius 2 is 0.514 bits per heavy atom. The van der Waals surface area contributed by atoms with Crippen molar-refractivity contribution in [3.8, 4) is 0 Å². The van der Waals surface area contributed by atoms with Gasteiger partial charge >= 0.3 is 6.47 Å². The highest BCUT2D eigenvalue weighted by Gasteiger charge is 2.81. The van der Waals surface area contributed by atoms with E-state index in [1.165, 1.54) is 6.47 Å². The molecular weight excluding hydrogens is 2010 g/mol. The number of carbonyl (C=O) groups excluding carboxylic acids is 1. The Balaban J connectivity index is 7.19. The normalized spacial score (nSPS) is 16.6. The van der Waals surface area contributed by atoms with Crippen molar-refractivity contribution < 1.29 is 9.53 Å². The number of alkyl halides is 23. The Morgan fingerprint density at radius 1 is 0.324 bits per heavy atom. The van der Waals surface area contributed by atoms with Gasteiger partial charge in [0.25, 0.3) is 0 Å². The zero-order valence-corrected chi connectivity index (χ0v) is 52.0. The Morgan fingerprint density at radius 3 is 0.703 bits per heavy atom. The Bertz CT molecular complexity index is 850. The fourth-order valence-electron chi connectivity index (χ4n) is 1.86. The third-order valence-electron chi connectivity index (χ3n) is 4.05. The molecule has 0 fully saturated rings. The quantitative estimate of drug-likeness (QED) is 0.193. The molecule has 0 unspecified atom stereocenters. The number of rotatable bonds is 11. The molecule has 0 aromatic rings. The van der Waals surface area contributed by atoms with Gasteiger partial charge in [-0.2, -0.15) is 0 Å².